The van der Waals surface area contributed by atoms with E-state index >= 15 is 0 Å². The second-order valence-corrected chi connectivity index (χ2v) is 6.04. The normalized spacial score (nSPS) is 11.4. The Balaban J connectivity index is 2.22. The zero-order chi connectivity index (χ0) is 15.6. The van der Waals surface area contributed by atoms with Gasteiger partial charge in [0.05, 0.1) is 11.1 Å². The standard InChI is InChI=1S/C14H8BrF3O2S/c15-11-7-9(14(16,17)18)3-6-12(11)21-10-4-1-8(2-5-10)13(19)20/h1-7H,(H,19,20). The molecule has 0 heterocycles. The summed E-state index contributed by atoms with van der Waals surface area (Å²) in [6.45, 7) is 0. The molecule has 110 valence electrons. The predicted octanol–water partition coefficient (Wildman–Crippen LogP) is 5.32. The molecule has 0 spiro atoms. The Morgan fingerprint density at radius 3 is 2.19 bits per heavy atom. The molecule has 0 radical (unpaired) electrons. The molecular weight excluding hydrogens is 369 g/mol. The number of benzene rings is 2. The fourth-order valence-corrected chi connectivity index (χ4v) is 2.99. The number of carboxylic acid groups (broad SMARTS) is 1. The Labute approximate surface area is 131 Å². The fraction of sp³-hybridized carbons (Fsp3) is 0.0714. The highest BCUT2D eigenvalue weighted by molar-refractivity contribution is 9.10. The Hall–Kier alpha value is -1.47. The molecule has 0 unspecified atom stereocenters. The summed E-state index contributed by atoms with van der Waals surface area (Å²) in [6.07, 6.45) is -4.38. The third-order valence-corrected chi connectivity index (χ3v) is 4.59. The van der Waals surface area contributed by atoms with Crippen molar-refractivity contribution in [3.8, 4) is 0 Å². The average molecular weight is 377 g/mol. The highest BCUT2D eigenvalue weighted by Crippen LogP contribution is 2.38. The number of hydrogen-bond acceptors (Lipinski definition) is 2. The van der Waals surface area contributed by atoms with Crippen LogP contribution in [0.25, 0.3) is 0 Å². The van der Waals surface area contributed by atoms with Gasteiger partial charge in [0.2, 0.25) is 0 Å². The Morgan fingerprint density at radius 2 is 1.71 bits per heavy atom. The molecule has 21 heavy (non-hydrogen) atoms. The Kier molecular flexibility index (Phi) is 4.63. The molecule has 0 bridgehead atoms. The lowest BCUT2D eigenvalue weighted by Crippen LogP contribution is -2.04. The highest BCUT2D eigenvalue weighted by Gasteiger charge is 2.30. The first-order valence-corrected chi connectivity index (χ1v) is 7.26. The number of rotatable bonds is 3. The van der Waals surface area contributed by atoms with Gasteiger partial charge in [-0.25, -0.2) is 4.79 Å². The van der Waals surface area contributed by atoms with E-state index < -0.39 is 17.7 Å². The summed E-state index contributed by atoms with van der Waals surface area (Å²) in [4.78, 5) is 12.1. The fourth-order valence-electron chi connectivity index (χ4n) is 1.55. The van der Waals surface area contributed by atoms with Gasteiger partial charge in [-0.15, -0.1) is 0 Å². The molecule has 0 atom stereocenters. The number of alkyl halides is 3. The summed E-state index contributed by atoms with van der Waals surface area (Å²) in [5.74, 6) is -1.03. The summed E-state index contributed by atoms with van der Waals surface area (Å²) in [6, 6.07) is 9.52. The van der Waals surface area contributed by atoms with E-state index in [4.69, 9.17) is 5.11 Å². The maximum atomic E-state index is 12.6. The largest absolute Gasteiger partial charge is 0.478 e. The summed E-state index contributed by atoms with van der Waals surface area (Å²) in [5.41, 5.74) is -0.564. The van der Waals surface area contributed by atoms with Gasteiger partial charge in [0.15, 0.2) is 0 Å². The van der Waals surface area contributed by atoms with Crippen LogP contribution in [0.5, 0.6) is 0 Å². The number of halogens is 4. The lowest BCUT2D eigenvalue weighted by molar-refractivity contribution is -0.137. The molecule has 0 aliphatic heterocycles. The molecule has 0 fully saturated rings. The first-order valence-electron chi connectivity index (χ1n) is 5.65. The van der Waals surface area contributed by atoms with Crippen LogP contribution in [0.2, 0.25) is 0 Å². The summed E-state index contributed by atoms with van der Waals surface area (Å²) < 4.78 is 38.0. The predicted molar refractivity (Wildman–Crippen MR) is 76.7 cm³/mol. The van der Waals surface area contributed by atoms with Crippen LogP contribution in [0, 0.1) is 0 Å². The van der Waals surface area contributed by atoms with Crippen molar-refractivity contribution in [2.45, 2.75) is 16.0 Å². The van der Waals surface area contributed by atoms with Crippen LogP contribution in [0.1, 0.15) is 15.9 Å². The van der Waals surface area contributed by atoms with Crippen molar-refractivity contribution in [3.63, 3.8) is 0 Å². The molecule has 0 aliphatic carbocycles. The molecule has 0 amide bonds. The van der Waals surface area contributed by atoms with E-state index in [0.29, 0.717) is 9.37 Å². The number of carbonyl (C=O) groups is 1. The van der Waals surface area contributed by atoms with Gasteiger partial charge in [0, 0.05) is 14.3 Å². The topological polar surface area (TPSA) is 37.3 Å². The zero-order valence-corrected chi connectivity index (χ0v) is 12.7. The zero-order valence-electron chi connectivity index (χ0n) is 10.3. The first kappa shape index (κ1) is 15.9. The van der Waals surface area contributed by atoms with E-state index in [1.807, 2.05) is 0 Å². The number of hydrogen-bond donors (Lipinski definition) is 1. The molecule has 0 saturated carbocycles. The van der Waals surface area contributed by atoms with Crippen molar-refractivity contribution in [1.82, 2.24) is 0 Å². The van der Waals surface area contributed by atoms with E-state index in [2.05, 4.69) is 15.9 Å². The second kappa shape index (κ2) is 6.11. The molecule has 0 aromatic heterocycles. The SMILES string of the molecule is O=C(O)c1ccc(Sc2ccc(C(F)(F)F)cc2Br)cc1. The van der Waals surface area contributed by atoms with E-state index in [0.717, 1.165) is 17.0 Å². The Bertz CT molecular complexity index is 669. The van der Waals surface area contributed by atoms with Crippen molar-refractivity contribution >= 4 is 33.7 Å². The van der Waals surface area contributed by atoms with Crippen molar-refractivity contribution in [2.24, 2.45) is 0 Å². The molecule has 2 rings (SSSR count). The first-order chi connectivity index (χ1) is 9.77. The summed E-state index contributed by atoms with van der Waals surface area (Å²) in [7, 11) is 0. The lowest BCUT2D eigenvalue weighted by Gasteiger charge is -2.10. The molecule has 1 N–H and O–H groups in total. The third kappa shape index (κ3) is 4.01. The van der Waals surface area contributed by atoms with Gasteiger partial charge < -0.3 is 5.11 Å². The molecule has 2 nitrogen and oxygen atoms in total. The van der Waals surface area contributed by atoms with E-state index in [9.17, 15) is 18.0 Å². The summed E-state index contributed by atoms with van der Waals surface area (Å²) in [5, 5.41) is 8.80. The average Bonchev–Trinajstić information content (AvgIpc) is 2.40. The van der Waals surface area contributed by atoms with Gasteiger partial charge in [-0.3, -0.25) is 0 Å². The van der Waals surface area contributed by atoms with Gasteiger partial charge in [-0.2, -0.15) is 13.2 Å². The van der Waals surface area contributed by atoms with Crippen LogP contribution in [-0.4, -0.2) is 11.1 Å². The van der Waals surface area contributed by atoms with E-state index in [-0.39, 0.29) is 5.56 Å². The Morgan fingerprint density at radius 1 is 1.10 bits per heavy atom. The number of carboxylic acids is 1. The van der Waals surface area contributed by atoms with Crippen LogP contribution in [0.15, 0.2) is 56.7 Å². The minimum absolute atomic E-state index is 0.158. The van der Waals surface area contributed by atoms with E-state index in [1.54, 1.807) is 12.1 Å². The molecule has 0 saturated heterocycles. The van der Waals surface area contributed by atoms with Crippen LogP contribution in [0.4, 0.5) is 13.2 Å². The van der Waals surface area contributed by atoms with Crippen LogP contribution >= 0.6 is 27.7 Å². The van der Waals surface area contributed by atoms with Crippen LogP contribution < -0.4 is 0 Å². The van der Waals surface area contributed by atoms with Crippen molar-refractivity contribution in [2.75, 3.05) is 0 Å². The maximum absolute atomic E-state index is 12.6. The van der Waals surface area contributed by atoms with Crippen molar-refractivity contribution in [3.05, 3.63) is 58.1 Å². The monoisotopic (exact) mass is 376 g/mol. The van der Waals surface area contributed by atoms with Gasteiger partial charge >= 0.3 is 12.1 Å². The molecule has 0 aliphatic rings. The minimum atomic E-state index is -4.38. The van der Waals surface area contributed by atoms with Gasteiger partial charge in [0.1, 0.15) is 0 Å². The van der Waals surface area contributed by atoms with Crippen molar-refractivity contribution in [1.29, 1.82) is 0 Å². The quantitative estimate of drug-likeness (QED) is 0.787. The smallest absolute Gasteiger partial charge is 0.416 e. The third-order valence-electron chi connectivity index (χ3n) is 2.59. The molecular formula is C14H8BrF3O2S. The highest BCUT2D eigenvalue weighted by atomic mass is 79.9. The molecule has 7 heteroatoms. The van der Waals surface area contributed by atoms with E-state index in [1.165, 1.54) is 30.0 Å². The van der Waals surface area contributed by atoms with Gasteiger partial charge in [-0.1, -0.05) is 11.8 Å². The maximum Gasteiger partial charge on any atom is 0.416 e. The lowest BCUT2D eigenvalue weighted by atomic mass is 10.2. The second-order valence-electron chi connectivity index (χ2n) is 4.07. The van der Waals surface area contributed by atoms with Crippen molar-refractivity contribution < 1.29 is 23.1 Å². The minimum Gasteiger partial charge on any atom is -0.478 e. The molecule has 2 aromatic carbocycles. The van der Waals surface area contributed by atoms with Crippen LogP contribution in [-0.2, 0) is 6.18 Å². The van der Waals surface area contributed by atoms with Crippen LogP contribution in [0.3, 0.4) is 0 Å². The summed E-state index contributed by atoms with van der Waals surface area (Å²) >= 11 is 4.37. The molecule has 2 aromatic rings. The van der Waals surface area contributed by atoms with Gasteiger partial charge in [0.25, 0.3) is 0 Å². The number of aromatic carboxylic acids is 1. The van der Waals surface area contributed by atoms with Gasteiger partial charge in [-0.05, 0) is 58.4 Å².